The summed E-state index contributed by atoms with van der Waals surface area (Å²) in [6.07, 6.45) is 3.61. The molecule has 1 aliphatic carbocycles. The molecule has 0 spiro atoms. The Balaban J connectivity index is 1.44. The lowest BCUT2D eigenvalue weighted by Crippen LogP contribution is -2.45. The van der Waals surface area contributed by atoms with Gasteiger partial charge in [-0.15, -0.1) is 11.3 Å². The highest BCUT2D eigenvalue weighted by atomic mass is 32.1. The van der Waals surface area contributed by atoms with Crippen LogP contribution in [0.3, 0.4) is 0 Å². The van der Waals surface area contributed by atoms with Crippen LogP contribution in [0.4, 0.5) is 0 Å². The average molecular weight is 492 g/mol. The molecule has 5 rings (SSSR count). The molecule has 0 radical (unpaired) electrons. The number of amides is 3. The number of hydrogen-bond acceptors (Lipinski definition) is 6. The molecule has 0 bridgehead atoms. The second kappa shape index (κ2) is 9.41. The fourth-order valence-electron chi connectivity index (χ4n) is 5.35. The van der Waals surface area contributed by atoms with E-state index in [9.17, 15) is 14.4 Å². The molecule has 2 heterocycles. The van der Waals surface area contributed by atoms with Crippen molar-refractivity contribution >= 4 is 39.3 Å². The van der Waals surface area contributed by atoms with Gasteiger partial charge >= 0.3 is 0 Å². The molecule has 0 N–H and O–H groups in total. The first-order valence-corrected chi connectivity index (χ1v) is 12.8. The Bertz CT molecular complexity index is 1250. The molecule has 2 aromatic carbocycles. The smallest absolute Gasteiger partial charge is 0.241 e. The Kier molecular flexibility index (Phi) is 6.32. The Morgan fingerprint density at radius 3 is 2.69 bits per heavy atom. The first-order chi connectivity index (χ1) is 16.9. The Morgan fingerprint density at radius 1 is 1.17 bits per heavy atom. The van der Waals surface area contributed by atoms with E-state index in [1.54, 1.807) is 48.6 Å². The average Bonchev–Trinajstić information content (AvgIpc) is 3.57. The monoisotopic (exact) mass is 491 g/mol. The zero-order valence-corrected chi connectivity index (χ0v) is 20.8. The second-order valence-corrected chi connectivity index (χ2v) is 10.6. The summed E-state index contributed by atoms with van der Waals surface area (Å²) in [6.45, 7) is 0.348. The number of ether oxygens (including phenoxy) is 1. The van der Waals surface area contributed by atoms with Gasteiger partial charge in [0.1, 0.15) is 10.8 Å². The van der Waals surface area contributed by atoms with Crippen molar-refractivity contribution in [2.24, 2.45) is 0 Å². The third-order valence-electron chi connectivity index (χ3n) is 7.25. The van der Waals surface area contributed by atoms with E-state index in [2.05, 4.69) is 4.98 Å². The van der Waals surface area contributed by atoms with Crippen LogP contribution in [0.5, 0.6) is 5.75 Å². The Morgan fingerprint density at radius 2 is 1.94 bits per heavy atom. The lowest BCUT2D eigenvalue weighted by Gasteiger charge is -2.30. The number of aromatic nitrogens is 1. The highest BCUT2D eigenvalue weighted by Crippen LogP contribution is 2.44. The van der Waals surface area contributed by atoms with E-state index in [0.717, 1.165) is 40.9 Å². The number of likely N-dealkylation sites (tertiary alicyclic amines) is 1. The van der Waals surface area contributed by atoms with E-state index in [4.69, 9.17) is 4.74 Å². The number of imide groups is 1. The molecule has 1 unspecified atom stereocenters. The van der Waals surface area contributed by atoms with Crippen molar-refractivity contribution in [1.29, 1.82) is 0 Å². The van der Waals surface area contributed by atoms with Gasteiger partial charge in [0, 0.05) is 25.9 Å². The molecule has 35 heavy (non-hydrogen) atoms. The number of fused-ring (bicyclic) bond motifs is 1. The maximum absolute atomic E-state index is 13.9. The summed E-state index contributed by atoms with van der Waals surface area (Å²) in [6, 6.07) is 15.0. The molecule has 182 valence electrons. The van der Waals surface area contributed by atoms with Crippen molar-refractivity contribution in [3.8, 4) is 5.75 Å². The maximum atomic E-state index is 13.9. The van der Waals surface area contributed by atoms with Crippen LogP contribution in [0, 0.1) is 0 Å². The number of hydrogen-bond donors (Lipinski definition) is 0. The van der Waals surface area contributed by atoms with Crippen molar-refractivity contribution in [1.82, 2.24) is 14.8 Å². The Hall–Kier alpha value is -3.26. The lowest BCUT2D eigenvalue weighted by atomic mass is 9.75. The van der Waals surface area contributed by atoms with Gasteiger partial charge in [0.2, 0.25) is 17.7 Å². The number of carbonyl (C=O) groups is 3. The SMILES string of the molecule is COc1cccc(C2(CC(=O)N(C)Cc3nc4ccccc4s3)CC(=O)N(C3CCCC3)C2=O)c1. The van der Waals surface area contributed by atoms with Gasteiger partial charge in [-0.3, -0.25) is 19.3 Å². The molecule has 3 aromatic rings. The number of benzene rings is 2. The molecular formula is C27H29N3O4S. The van der Waals surface area contributed by atoms with E-state index < -0.39 is 5.41 Å². The van der Waals surface area contributed by atoms with Gasteiger partial charge in [0.25, 0.3) is 0 Å². The molecule has 2 aliphatic rings. The van der Waals surface area contributed by atoms with Gasteiger partial charge in [0.05, 0.1) is 29.3 Å². The number of para-hydroxylation sites is 1. The summed E-state index contributed by atoms with van der Waals surface area (Å²) in [7, 11) is 3.29. The van der Waals surface area contributed by atoms with Crippen LogP contribution in [0.1, 0.15) is 49.1 Å². The lowest BCUT2D eigenvalue weighted by molar-refractivity contribution is -0.144. The highest BCUT2D eigenvalue weighted by Gasteiger charge is 2.56. The molecular weight excluding hydrogens is 462 g/mol. The molecule has 2 fully saturated rings. The first-order valence-electron chi connectivity index (χ1n) is 12.0. The summed E-state index contributed by atoms with van der Waals surface area (Å²) in [5.41, 5.74) is 0.329. The normalized spacial score (nSPS) is 20.7. The number of thiazole rings is 1. The molecule has 8 heteroatoms. The van der Waals surface area contributed by atoms with Gasteiger partial charge in [-0.1, -0.05) is 37.1 Å². The third-order valence-corrected chi connectivity index (χ3v) is 8.27. The molecule has 1 aliphatic heterocycles. The fourth-order valence-corrected chi connectivity index (χ4v) is 6.37. The van der Waals surface area contributed by atoms with Crippen molar-refractivity contribution in [3.63, 3.8) is 0 Å². The molecule has 1 aromatic heterocycles. The van der Waals surface area contributed by atoms with Gasteiger partial charge < -0.3 is 9.64 Å². The van der Waals surface area contributed by atoms with Crippen molar-refractivity contribution in [2.45, 2.75) is 56.5 Å². The maximum Gasteiger partial charge on any atom is 0.241 e. The van der Waals surface area contributed by atoms with Crippen LogP contribution in [0.25, 0.3) is 10.2 Å². The fraction of sp³-hybridized carbons (Fsp3) is 0.407. The largest absolute Gasteiger partial charge is 0.497 e. The minimum atomic E-state index is -1.23. The molecule has 1 atom stereocenters. The number of nitrogens with zero attached hydrogens (tertiary/aromatic N) is 3. The van der Waals surface area contributed by atoms with E-state index in [0.29, 0.717) is 17.9 Å². The van der Waals surface area contributed by atoms with Crippen molar-refractivity contribution < 1.29 is 19.1 Å². The van der Waals surface area contributed by atoms with Gasteiger partial charge in [-0.2, -0.15) is 0 Å². The van der Waals surface area contributed by atoms with Gasteiger partial charge in [0.15, 0.2) is 0 Å². The van der Waals surface area contributed by atoms with Crippen molar-refractivity contribution in [2.75, 3.05) is 14.2 Å². The van der Waals surface area contributed by atoms with Crippen LogP contribution in [-0.2, 0) is 26.3 Å². The van der Waals surface area contributed by atoms with E-state index >= 15 is 0 Å². The topological polar surface area (TPSA) is 79.8 Å². The predicted octanol–water partition coefficient (Wildman–Crippen LogP) is 4.29. The molecule has 7 nitrogen and oxygen atoms in total. The van der Waals surface area contributed by atoms with Crippen LogP contribution >= 0.6 is 11.3 Å². The summed E-state index contributed by atoms with van der Waals surface area (Å²) in [5.74, 6) is -0.0473. The first kappa shape index (κ1) is 23.5. The second-order valence-electron chi connectivity index (χ2n) is 9.50. The quantitative estimate of drug-likeness (QED) is 0.461. The Labute approximate surface area is 208 Å². The van der Waals surface area contributed by atoms with Gasteiger partial charge in [-0.25, -0.2) is 4.98 Å². The number of rotatable bonds is 7. The number of carbonyl (C=O) groups excluding carboxylic acids is 3. The molecule has 3 amide bonds. The minimum absolute atomic E-state index is 0.00375. The van der Waals surface area contributed by atoms with Crippen LogP contribution in [0.15, 0.2) is 48.5 Å². The van der Waals surface area contributed by atoms with E-state index in [-0.39, 0.29) is 36.6 Å². The summed E-state index contributed by atoms with van der Waals surface area (Å²) in [4.78, 5) is 48.4. The zero-order chi connectivity index (χ0) is 24.6. The summed E-state index contributed by atoms with van der Waals surface area (Å²) >= 11 is 1.55. The van der Waals surface area contributed by atoms with E-state index in [1.165, 1.54) is 4.90 Å². The van der Waals surface area contributed by atoms with Crippen molar-refractivity contribution in [3.05, 3.63) is 59.1 Å². The van der Waals surface area contributed by atoms with Crippen LogP contribution < -0.4 is 4.74 Å². The van der Waals surface area contributed by atoms with Gasteiger partial charge in [-0.05, 0) is 42.7 Å². The van der Waals surface area contributed by atoms with E-state index in [1.807, 2.05) is 30.3 Å². The molecule has 1 saturated carbocycles. The summed E-state index contributed by atoms with van der Waals surface area (Å²) < 4.78 is 6.47. The molecule has 1 saturated heterocycles. The third kappa shape index (κ3) is 4.31. The highest BCUT2D eigenvalue weighted by molar-refractivity contribution is 7.18. The standard InChI is InChI=1S/C27H29N3O4S/c1-29(17-23-28-21-12-5-6-13-22(21)35-23)24(31)15-27(18-8-7-11-20(14-18)34-2)16-25(32)30(26(27)33)19-9-3-4-10-19/h5-8,11-14,19H,3-4,9-10,15-17H2,1-2H3. The zero-order valence-electron chi connectivity index (χ0n) is 20.0. The van der Waals surface area contributed by atoms with Crippen LogP contribution in [0.2, 0.25) is 0 Å². The minimum Gasteiger partial charge on any atom is -0.497 e. The summed E-state index contributed by atoms with van der Waals surface area (Å²) in [5, 5.41) is 0.832. The van der Waals surface area contributed by atoms with Crippen LogP contribution in [-0.4, -0.2) is 52.7 Å². The number of methoxy groups -OCH3 is 1. The predicted molar refractivity (Wildman–Crippen MR) is 134 cm³/mol.